The standard InChI is InChI=1S/C26H33N5O4S/c1-36(33,34)21-4-2-17(3-5-21)6-18-7-25(8-18)13-30(14-25)24(32)31-15-26(16-31)9-19(10-26)22-27-23(29-28-22)20-11-35-12-20/h2-5,18-20H,6-16H2,1H3,(H,27,28,29). The van der Waals surface area contributed by atoms with E-state index in [1.165, 1.54) is 11.8 Å². The van der Waals surface area contributed by atoms with Gasteiger partial charge in [-0.1, -0.05) is 12.1 Å². The molecule has 3 aliphatic heterocycles. The highest BCUT2D eigenvalue weighted by molar-refractivity contribution is 7.90. The molecule has 5 aliphatic rings. The first-order valence-electron chi connectivity index (χ1n) is 13.0. The number of hydrogen-bond acceptors (Lipinski definition) is 6. The number of aromatic nitrogens is 3. The van der Waals surface area contributed by atoms with E-state index >= 15 is 0 Å². The number of nitrogens with zero attached hydrogens (tertiary/aromatic N) is 4. The van der Waals surface area contributed by atoms with Crippen LogP contribution in [0.4, 0.5) is 4.79 Å². The van der Waals surface area contributed by atoms with E-state index in [9.17, 15) is 13.2 Å². The Morgan fingerprint density at radius 2 is 1.61 bits per heavy atom. The highest BCUT2D eigenvalue weighted by Crippen LogP contribution is 2.57. The number of benzene rings is 1. The van der Waals surface area contributed by atoms with Crippen molar-refractivity contribution < 1.29 is 17.9 Å². The van der Waals surface area contributed by atoms with Gasteiger partial charge in [-0.05, 0) is 55.7 Å². The summed E-state index contributed by atoms with van der Waals surface area (Å²) in [7, 11) is -3.15. The smallest absolute Gasteiger partial charge is 0.320 e. The van der Waals surface area contributed by atoms with Crippen molar-refractivity contribution in [2.24, 2.45) is 16.7 Å². The quantitative estimate of drug-likeness (QED) is 0.661. The van der Waals surface area contributed by atoms with Gasteiger partial charge in [-0.25, -0.2) is 18.2 Å². The van der Waals surface area contributed by atoms with Crippen LogP contribution in [0.15, 0.2) is 29.2 Å². The Hall–Kier alpha value is -2.46. The molecule has 2 aromatic rings. The number of aromatic amines is 1. The van der Waals surface area contributed by atoms with Crippen LogP contribution >= 0.6 is 0 Å². The second-order valence-corrected chi connectivity index (χ2v) is 14.3. The SMILES string of the molecule is CS(=O)(=O)c1ccc(CC2CC3(C2)CN(C(=O)N2CC4(CC(c5nc(C6COC6)n[nH]5)C4)C2)C3)cc1. The maximum absolute atomic E-state index is 13.0. The number of hydrogen-bond donors (Lipinski definition) is 1. The van der Waals surface area contributed by atoms with Crippen molar-refractivity contribution in [1.29, 1.82) is 0 Å². The molecule has 2 saturated carbocycles. The third kappa shape index (κ3) is 3.75. The molecule has 0 unspecified atom stereocenters. The average Bonchev–Trinajstić information content (AvgIpc) is 3.13. The van der Waals surface area contributed by atoms with E-state index in [1.54, 1.807) is 12.1 Å². The monoisotopic (exact) mass is 511 g/mol. The van der Waals surface area contributed by atoms with E-state index in [2.05, 4.69) is 10.2 Å². The van der Waals surface area contributed by atoms with Gasteiger partial charge in [0.05, 0.1) is 24.0 Å². The molecule has 9 nitrogen and oxygen atoms in total. The summed E-state index contributed by atoms with van der Waals surface area (Å²) in [6, 6.07) is 7.50. The molecule has 3 saturated heterocycles. The first kappa shape index (κ1) is 22.7. The maximum atomic E-state index is 13.0. The third-order valence-corrected chi connectivity index (χ3v) is 10.4. The Morgan fingerprint density at radius 3 is 2.17 bits per heavy atom. The molecule has 0 atom stereocenters. The van der Waals surface area contributed by atoms with Gasteiger partial charge in [0.1, 0.15) is 5.82 Å². The fourth-order valence-electron chi connectivity index (χ4n) is 7.25. The van der Waals surface area contributed by atoms with E-state index in [0.29, 0.717) is 28.1 Å². The van der Waals surface area contributed by atoms with Gasteiger partial charge in [0.15, 0.2) is 15.7 Å². The van der Waals surface area contributed by atoms with E-state index in [0.717, 1.165) is 83.1 Å². The molecule has 10 heteroatoms. The van der Waals surface area contributed by atoms with Gasteiger partial charge >= 0.3 is 6.03 Å². The molecule has 5 fully saturated rings. The predicted octanol–water partition coefficient (Wildman–Crippen LogP) is 2.58. The molecule has 2 aliphatic carbocycles. The minimum atomic E-state index is -3.15. The van der Waals surface area contributed by atoms with Crippen LogP contribution < -0.4 is 0 Å². The van der Waals surface area contributed by atoms with E-state index in [1.807, 2.05) is 21.9 Å². The molecule has 0 bridgehead atoms. The summed E-state index contributed by atoms with van der Waals surface area (Å²) >= 11 is 0. The highest BCUT2D eigenvalue weighted by atomic mass is 32.2. The summed E-state index contributed by atoms with van der Waals surface area (Å²) in [4.78, 5) is 22.1. The molecule has 4 heterocycles. The zero-order chi connectivity index (χ0) is 24.7. The zero-order valence-electron chi connectivity index (χ0n) is 20.6. The molecule has 0 radical (unpaired) electrons. The van der Waals surface area contributed by atoms with Crippen LogP contribution in [0.1, 0.15) is 54.7 Å². The van der Waals surface area contributed by atoms with Crippen molar-refractivity contribution in [3.8, 4) is 0 Å². The van der Waals surface area contributed by atoms with Gasteiger partial charge in [-0.15, -0.1) is 0 Å². The van der Waals surface area contributed by atoms with Crippen LogP contribution in [-0.2, 0) is 21.0 Å². The molecule has 1 aromatic heterocycles. The average molecular weight is 512 g/mol. The van der Waals surface area contributed by atoms with E-state index in [-0.39, 0.29) is 11.4 Å². The summed E-state index contributed by atoms with van der Waals surface area (Å²) in [6.45, 7) is 4.95. The minimum Gasteiger partial charge on any atom is -0.380 e. The van der Waals surface area contributed by atoms with Crippen LogP contribution in [0.3, 0.4) is 0 Å². The normalized spacial score (nSPS) is 25.1. The van der Waals surface area contributed by atoms with Gasteiger partial charge in [0.25, 0.3) is 0 Å². The number of urea groups is 1. The Bertz CT molecular complexity index is 1270. The Labute approximate surface area is 211 Å². The number of H-pyrrole nitrogens is 1. The van der Waals surface area contributed by atoms with E-state index < -0.39 is 9.84 Å². The van der Waals surface area contributed by atoms with Crippen LogP contribution in [0.5, 0.6) is 0 Å². The lowest BCUT2D eigenvalue weighted by Crippen LogP contribution is -2.70. The van der Waals surface area contributed by atoms with Crippen molar-refractivity contribution in [3.05, 3.63) is 41.5 Å². The Kier molecular flexibility index (Phi) is 4.90. The first-order valence-corrected chi connectivity index (χ1v) is 14.9. The molecular formula is C26H33N5O4S. The molecule has 2 spiro atoms. The molecule has 1 aromatic carbocycles. The van der Waals surface area contributed by atoms with Crippen molar-refractivity contribution in [3.63, 3.8) is 0 Å². The van der Waals surface area contributed by atoms with Crippen LogP contribution in [0.25, 0.3) is 0 Å². The summed E-state index contributed by atoms with van der Waals surface area (Å²) in [5.41, 5.74) is 1.79. The summed E-state index contributed by atoms with van der Waals surface area (Å²) in [5, 5.41) is 7.51. The third-order valence-electron chi connectivity index (χ3n) is 9.23. The van der Waals surface area contributed by atoms with Gasteiger partial charge in [-0.3, -0.25) is 5.10 Å². The lowest BCUT2D eigenvalue weighted by Gasteiger charge is -2.63. The predicted molar refractivity (Wildman–Crippen MR) is 131 cm³/mol. The molecule has 36 heavy (non-hydrogen) atoms. The number of carbonyl (C=O) groups excluding carboxylic acids is 1. The number of nitrogens with one attached hydrogen (secondary N) is 1. The highest BCUT2D eigenvalue weighted by Gasteiger charge is 2.58. The number of carbonyl (C=O) groups is 1. The topological polar surface area (TPSA) is 108 Å². The lowest BCUT2D eigenvalue weighted by molar-refractivity contribution is -0.100. The van der Waals surface area contributed by atoms with Crippen molar-refractivity contribution in [1.82, 2.24) is 25.0 Å². The number of rotatable bonds is 5. The van der Waals surface area contributed by atoms with Crippen molar-refractivity contribution >= 4 is 15.9 Å². The van der Waals surface area contributed by atoms with Crippen molar-refractivity contribution in [2.75, 3.05) is 45.6 Å². The van der Waals surface area contributed by atoms with Gasteiger partial charge in [-0.2, -0.15) is 5.10 Å². The van der Waals surface area contributed by atoms with Gasteiger partial charge < -0.3 is 14.5 Å². The van der Waals surface area contributed by atoms with Crippen LogP contribution in [0, 0.1) is 16.7 Å². The molecular weight excluding hydrogens is 478 g/mol. The number of likely N-dealkylation sites (tertiary alicyclic amines) is 2. The van der Waals surface area contributed by atoms with Crippen LogP contribution in [0.2, 0.25) is 0 Å². The summed E-state index contributed by atoms with van der Waals surface area (Å²) in [6.07, 6.45) is 6.71. The number of amides is 2. The fourth-order valence-corrected chi connectivity index (χ4v) is 7.88. The summed E-state index contributed by atoms with van der Waals surface area (Å²) in [5.74, 6) is 3.30. The second kappa shape index (κ2) is 7.77. The Morgan fingerprint density at radius 1 is 1.00 bits per heavy atom. The van der Waals surface area contributed by atoms with Crippen LogP contribution in [-0.4, -0.2) is 85.1 Å². The first-order chi connectivity index (χ1) is 17.2. The fraction of sp³-hybridized carbons (Fsp3) is 0.654. The largest absolute Gasteiger partial charge is 0.380 e. The maximum Gasteiger partial charge on any atom is 0.320 e. The van der Waals surface area contributed by atoms with Crippen molar-refractivity contribution in [2.45, 2.75) is 48.8 Å². The molecule has 192 valence electrons. The zero-order valence-corrected chi connectivity index (χ0v) is 21.5. The molecule has 2 amide bonds. The second-order valence-electron chi connectivity index (χ2n) is 12.3. The molecule has 7 rings (SSSR count). The Balaban J connectivity index is 0.839. The number of sulfone groups is 1. The number of ether oxygens (including phenoxy) is 1. The van der Waals surface area contributed by atoms with Gasteiger partial charge in [0.2, 0.25) is 0 Å². The van der Waals surface area contributed by atoms with E-state index in [4.69, 9.17) is 9.72 Å². The van der Waals surface area contributed by atoms with Gasteiger partial charge in [0, 0.05) is 49.2 Å². The molecule has 1 N–H and O–H groups in total. The minimum absolute atomic E-state index is 0.210. The summed E-state index contributed by atoms with van der Waals surface area (Å²) < 4.78 is 28.5. The lowest BCUT2D eigenvalue weighted by atomic mass is 9.56.